The van der Waals surface area contributed by atoms with Gasteiger partial charge in [0.25, 0.3) is 20.2 Å². The van der Waals surface area contributed by atoms with Crippen LogP contribution in [-0.4, -0.2) is 41.7 Å². The van der Waals surface area contributed by atoms with Crippen LogP contribution in [0.2, 0.25) is 0 Å². The van der Waals surface area contributed by atoms with Crippen molar-refractivity contribution in [2.45, 2.75) is 37.2 Å². The van der Waals surface area contributed by atoms with Crippen LogP contribution in [-0.2, 0) is 36.5 Å². The molecule has 0 aliphatic rings. The third-order valence-electron chi connectivity index (χ3n) is 5.23. The second-order valence-corrected chi connectivity index (χ2v) is 10.9. The number of aromatic nitrogens is 2. The highest BCUT2D eigenvalue weighted by Gasteiger charge is 2.30. The van der Waals surface area contributed by atoms with Crippen LogP contribution < -0.4 is 0 Å². The van der Waals surface area contributed by atoms with Crippen molar-refractivity contribution in [1.82, 2.24) is 9.97 Å². The zero-order valence-electron chi connectivity index (χ0n) is 18.0. The highest BCUT2D eigenvalue weighted by molar-refractivity contribution is 7.85. The van der Waals surface area contributed by atoms with Gasteiger partial charge in [-0.25, -0.2) is 9.97 Å². The number of hydrogen-bond acceptors (Lipinski definition) is 9. The summed E-state index contributed by atoms with van der Waals surface area (Å²) in [5.74, 6) is -2.75. The third-order valence-corrected chi connectivity index (χ3v) is 6.63. The molecular formula is C21H20N2O9S2. The summed E-state index contributed by atoms with van der Waals surface area (Å²) in [7, 11) is -8.42. The summed E-state index contributed by atoms with van der Waals surface area (Å²) in [5, 5.41) is 0. The van der Waals surface area contributed by atoms with Crippen LogP contribution >= 0.6 is 0 Å². The van der Waals surface area contributed by atoms with Gasteiger partial charge in [0, 0.05) is 0 Å². The Kier molecular flexibility index (Phi) is 6.06. The number of fused-ring (bicyclic) bond motifs is 2. The van der Waals surface area contributed by atoms with Crippen molar-refractivity contribution in [2.75, 3.05) is 0 Å². The SMILES string of the molecule is CC(C(=O)C(C)c1nc2ccc(CS(=O)(=O)O)cc2o1)c1nc2ccc(CS(=O)(=O)O)cc2o1. The Morgan fingerprint density at radius 2 is 1.18 bits per heavy atom. The maximum atomic E-state index is 13.1. The maximum absolute atomic E-state index is 13.1. The number of rotatable bonds is 8. The number of carbonyl (C=O) groups excluding carboxylic acids is 1. The topological polar surface area (TPSA) is 178 Å². The molecule has 0 bridgehead atoms. The first-order chi connectivity index (χ1) is 15.8. The number of ketones is 1. The standard InChI is InChI=1S/C21H20N2O9S2/c1-11(20-22-15-5-3-13(7-17(15)31-20)9-33(25,26)27)19(24)12(2)21-23-16-6-4-14(8-18(16)32-21)10-34(28,29)30/h3-8,11-12H,9-10H2,1-2H3,(H,25,26,27)(H,28,29,30). The van der Waals surface area contributed by atoms with E-state index in [0.29, 0.717) is 22.2 Å². The molecule has 2 aromatic carbocycles. The van der Waals surface area contributed by atoms with Gasteiger partial charge in [-0.3, -0.25) is 13.9 Å². The second-order valence-electron chi connectivity index (χ2n) is 8.01. The zero-order chi connectivity index (χ0) is 24.8. The average Bonchev–Trinajstić information content (AvgIpc) is 3.33. The largest absolute Gasteiger partial charge is 0.440 e. The first-order valence-corrected chi connectivity index (χ1v) is 13.2. The summed E-state index contributed by atoms with van der Waals surface area (Å²) in [6, 6.07) is 8.93. The minimum Gasteiger partial charge on any atom is -0.440 e. The van der Waals surface area contributed by atoms with Crippen LogP contribution in [0.4, 0.5) is 0 Å². The molecule has 4 rings (SSSR count). The van der Waals surface area contributed by atoms with Gasteiger partial charge in [0.2, 0.25) is 11.8 Å². The highest BCUT2D eigenvalue weighted by atomic mass is 32.2. The van der Waals surface area contributed by atoms with E-state index in [1.807, 2.05) is 0 Å². The van der Waals surface area contributed by atoms with E-state index in [9.17, 15) is 21.6 Å². The van der Waals surface area contributed by atoms with Gasteiger partial charge in [-0.05, 0) is 49.2 Å². The maximum Gasteiger partial charge on any atom is 0.269 e. The minimum absolute atomic E-state index is 0.127. The van der Waals surface area contributed by atoms with Crippen molar-refractivity contribution in [1.29, 1.82) is 0 Å². The van der Waals surface area contributed by atoms with E-state index >= 15 is 0 Å². The lowest BCUT2D eigenvalue weighted by Crippen LogP contribution is -2.17. The predicted molar refractivity (Wildman–Crippen MR) is 120 cm³/mol. The highest BCUT2D eigenvalue weighted by Crippen LogP contribution is 2.30. The number of nitrogens with zero attached hydrogens (tertiary/aromatic N) is 2. The van der Waals surface area contributed by atoms with Crippen LogP contribution in [0.5, 0.6) is 0 Å². The van der Waals surface area contributed by atoms with Gasteiger partial charge in [-0.1, -0.05) is 12.1 Å². The quantitative estimate of drug-likeness (QED) is 0.334. The molecule has 34 heavy (non-hydrogen) atoms. The van der Waals surface area contributed by atoms with Gasteiger partial charge in [0.1, 0.15) is 22.5 Å². The van der Waals surface area contributed by atoms with Crippen LogP contribution in [0.25, 0.3) is 22.2 Å². The van der Waals surface area contributed by atoms with E-state index in [1.165, 1.54) is 36.4 Å². The molecule has 2 aromatic heterocycles. The fourth-order valence-corrected chi connectivity index (χ4v) is 4.76. The van der Waals surface area contributed by atoms with Crippen molar-refractivity contribution in [3.05, 3.63) is 59.3 Å². The van der Waals surface area contributed by atoms with Crippen molar-refractivity contribution >= 4 is 48.2 Å². The molecular weight excluding hydrogens is 488 g/mol. The van der Waals surface area contributed by atoms with E-state index < -0.39 is 43.6 Å². The molecule has 0 spiro atoms. The lowest BCUT2D eigenvalue weighted by Gasteiger charge is -2.10. The summed E-state index contributed by atoms with van der Waals surface area (Å²) in [6.07, 6.45) is 0. The Labute approximate surface area is 194 Å². The summed E-state index contributed by atoms with van der Waals surface area (Å²) in [4.78, 5) is 21.7. The molecule has 13 heteroatoms. The van der Waals surface area contributed by atoms with Crippen molar-refractivity contribution in [3.63, 3.8) is 0 Å². The Hall–Kier alpha value is -3.13. The van der Waals surface area contributed by atoms with Gasteiger partial charge in [-0.2, -0.15) is 16.8 Å². The smallest absolute Gasteiger partial charge is 0.269 e. The van der Waals surface area contributed by atoms with E-state index in [4.69, 9.17) is 17.9 Å². The molecule has 0 saturated heterocycles. The first-order valence-electron chi connectivity index (χ1n) is 10.0. The number of benzene rings is 2. The molecule has 0 saturated carbocycles. The third kappa shape index (κ3) is 5.33. The lowest BCUT2D eigenvalue weighted by molar-refractivity contribution is -0.122. The molecule has 180 valence electrons. The summed E-state index contributed by atoms with van der Waals surface area (Å²) in [5.41, 5.74) is 2.02. The molecule has 4 aromatic rings. The number of oxazole rings is 2. The summed E-state index contributed by atoms with van der Waals surface area (Å²) >= 11 is 0. The zero-order valence-corrected chi connectivity index (χ0v) is 19.6. The monoisotopic (exact) mass is 508 g/mol. The summed E-state index contributed by atoms with van der Waals surface area (Å²) < 4.78 is 73.8. The molecule has 2 heterocycles. The van der Waals surface area contributed by atoms with E-state index in [0.717, 1.165) is 0 Å². The van der Waals surface area contributed by atoms with Gasteiger partial charge < -0.3 is 8.83 Å². The molecule has 0 fully saturated rings. The van der Waals surface area contributed by atoms with Crippen molar-refractivity contribution in [3.8, 4) is 0 Å². The van der Waals surface area contributed by atoms with E-state index in [-0.39, 0.29) is 28.7 Å². The first kappa shape index (κ1) is 24.0. The van der Waals surface area contributed by atoms with Crippen molar-refractivity contribution < 1.29 is 39.6 Å². The molecule has 0 aliphatic heterocycles. The van der Waals surface area contributed by atoms with Gasteiger partial charge >= 0.3 is 0 Å². The van der Waals surface area contributed by atoms with Gasteiger partial charge in [0.15, 0.2) is 16.9 Å². The molecule has 2 unspecified atom stereocenters. The molecule has 2 N–H and O–H groups in total. The van der Waals surface area contributed by atoms with E-state index in [1.54, 1.807) is 13.8 Å². The Morgan fingerprint density at radius 1 is 0.794 bits per heavy atom. The second kappa shape index (κ2) is 8.58. The van der Waals surface area contributed by atoms with Gasteiger partial charge in [-0.15, -0.1) is 0 Å². The molecule has 11 nitrogen and oxygen atoms in total. The molecule has 0 aliphatic carbocycles. The fourth-order valence-electron chi connectivity index (χ4n) is 3.56. The van der Waals surface area contributed by atoms with E-state index in [2.05, 4.69) is 9.97 Å². The summed E-state index contributed by atoms with van der Waals surface area (Å²) in [6.45, 7) is 3.21. The van der Waals surface area contributed by atoms with Gasteiger partial charge in [0.05, 0.1) is 11.8 Å². The Balaban J connectivity index is 1.57. The normalized spacial score (nSPS) is 14.5. The van der Waals surface area contributed by atoms with Crippen LogP contribution in [0, 0.1) is 0 Å². The average molecular weight is 509 g/mol. The number of hydrogen-bond donors (Lipinski definition) is 2. The minimum atomic E-state index is -4.21. The van der Waals surface area contributed by atoms with Crippen molar-refractivity contribution in [2.24, 2.45) is 0 Å². The molecule has 0 radical (unpaired) electrons. The number of Topliss-reactive ketones (excluding diaryl/α,β-unsaturated/α-hetero) is 1. The molecule has 0 amide bonds. The lowest BCUT2D eigenvalue weighted by atomic mass is 9.95. The number of carbonyl (C=O) groups is 1. The predicted octanol–water partition coefficient (Wildman–Crippen LogP) is 3.22. The molecule has 2 atom stereocenters. The fraction of sp³-hybridized carbons (Fsp3) is 0.286. The van der Waals surface area contributed by atoms with Crippen LogP contribution in [0.15, 0.2) is 45.2 Å². The van der Waals surface area contributed by atoms with Crippen LogP contribution in [0.3, 0.4) is 0 Å². The Bertz CT molecular complexity index is 1500. The van der Waals surface area contributed by atoms with Crippen LogP contribution in [0.1, 0.15) is 48.6 Å². The Morgan fingerprint density at radius 3 is 1.53 bits per heavy atom.